The van der Waals surface area contributed by atoms with Crippen molar-refractivity contribution in [1.29, 1.82) is 0 Å². The third kappa shape index (κ3) is 2.18. The van der Waals surface area contributed by atoms with Gasteiger partial charge in [0.1, 0.15) is 5.58 Å². The van der Waals surface area contributed by atoms with Gasteiger partial charge >= 0.3 is 0 Å². The Kier molecular flexibility index (Phi) is 2.59. The lowest BCUT2D eigenvalue weighted by molar-refractivity contribution is 0.0954. The third-order valence-electron chi connectivity index (χ3n) is 3.28. The molecule has 0 aliphatic heterocycles. The first-order valence-electron chi connectivity index (χ1n) is 6.09. The fourth-order valence-corrected chi connectivity index (χ4v) is 2.08. The van der Waals surface area contributed by atoms with Gasteiger partial charge in [0.2, 0.25) is 0 Å². The first-order chi connectivity index (χ1) is 8.34. The molecule has 88 valence electrons. The quantitative estimate of drug-likeness (QED) is 0.875. The fourth-order valence-electron chi connectivity index (χ4n) is 2.08. The number of carbonyl (C=O) groups is 1. The van der Waals surface area contributed by atoms with Gasteiger partial charge in [0.15, 0.2) is 0 Å². The second kappa shape index (κ2) is 4.24. The van der Waals surface area contributed by atoms with Crippen LogP contribution in [0, 0.1) is 5.92 Å². The smallest absolute Gasteiger partial charge is 0.252 e. The molecule has 0 saturated heterocycles. The van der Waals surface area contributed by atoms with Crippen LogP contribution in [0.25, 0.3) is 11.0 Å². The van der Waals surface area contributed by atoms with Crippen molar-refractivity contribution in [3.05, 3.63) is 36.1 Å². The molecule has 1 N–H and O–H groups in total. The number of benzene rings is 1. The van der Waals surface area contributed by atoms with E-state index < -0.39 is 0 Å². The maximum absolute atomic E-state index is 12.0. The summed E-state index contributed by atoms with van der Waals surface area (Å²) in [6.45, 7) is 0.776. The maximum atomic E-state index is 12.0. The number of furan rings is 1. The summed E-state index contributed by atoms with van der Waals surface area (Å²) in [5.41, 5.74) is 1.46. The summed E-state index contributed by atoms with van der Waals surface area (Å²) in [4.78, 5) is 12.0. The Morgan fingerprint density at radius 1 is 1.35 bits per heavy atom. The highest BCUT2D eigenvalue weighted by Crippen LogP contribution is 2.31. The van der Waals surface area contributed by atoms with Crippen molar-refractivity contribution in [2.75, 3.05) is 6.54 Å². The minimum atomic E-state index is -0.00218. The predicted octanol–water partition coefficient (Wildman–Crippen LogP) is 2.96. The fraction of sp³-hybridized carbons (Fsp3) is 0.357. The van der Waals surface area contributed by atoms with Crippen LogP contribution in [0.1, 0.15) is 29.6 Å². The number of fused-ring (bicyclic) bond motifs is 1. The molecule has 3 nitrogen and oxygen atoms in total. The SMILES string of the molecule is O=C(NCCC1CC1)c1cccc2occc12. The van der Waals surface area contributed by atoms with Crippen LogP contribution in [-0.4, -0.2) is 12.5 Å². The van der Waals surface area contributed by atoms with E-state index in [2.05, 4.69) is 5.32 Å². The minimum Gasteiger partial charge on any atom is -0.464 e. The molecular formula is C14H15NO2. The van der Waals surface area contributed by atoms with Crippen LogP contribution in [0.4, 0.5) is 0 Å². The highest BCUT2D eigenvalue weighted by molar-refractivity contribution is 6.05. The molecule has 0 bridgehead atoms. The average Bonchev–Trinajstić information content (AvgIpc) is 3.04. The topological polar surface area (TPSA) is 42.2 Å². The zero-order valence-corrected chi connectivity index (χ0v) is 9.61. The third-order valence-corrected chi connectivity index (χ3v) is 3.28. The Balaban J connectivity index is 1.72. The Morgan fingerprint density at radius 3 is 3.06 bits per heavy atom. The van der Waals surface area contributed by atoms with Crippen molar-refractivity contribution in [3.63, 3.8) is 0 Å². The van der Waals surface area contributed by atoms with Crippen molar-refractivity contribution in [1.82, 2.24) is 5.32 Å². The molecule has 17 heavy (non-hydrogen) atoms. The molecule has 0 spiro atoms. The lowest BCUT2D eigenvalue weighted by atomic mass is 10.1. The normalized spacial score (nSPS) is 15.1. The van der Waals surface area contributed by atoms with E-state index >= 15 is 0 Å². The maximum Gasteiger partial charge on any atom is 0.252 e. The molecule has 1 aliphatic carbocycles. The van der Waals surface area contributed by atoms with Crippen LogP contribution >= 0.6 is 0 Å². The summed E-state index contributed by atoms with van der Waals surface area (Å²) >= 11 is 0. The Labute approximate surface area is 99.8 Å². The molecule has 0 unspecified atom stereocenters. The van der Waals surface area contributed by atoms with Gasteiger partial charge in [0, 0.05) is 11.9 Å². The second-order valence-corrected chi connectivity index (χ2v) is 4.63. The minimum absolute atomic E-state index is 0.00218. The zero-order chi connectivity index (χ0) is 11.7. The number of hydrogen-bond donors (Lipinski definition) is 1. The van der Waals surface area contributed by atoms with Crippen LogP contribution in [0.15, 0.2) is 34.9 Å². The van der Waals surface area contributed by atoms with Crippen molar-refractivity contribution < 1.29 is 9.21 Å². The van der Waals surface area contributed by atoms with E-state index in [0.29, 0.717) is 5.56 Å². The number of carbonyl (C=O) groups excluding carboxylic acids is 1. The molecule has 1 aromatic carbocycles. The van der Waals surface area contributed by atoms with E-state index in [-0.39, 0.29) is 5.91 Å². The van der Waals surface area contributed by atoms with Crippen LogP contribution in [0.3, 0.4) is 0 Å². The number of nitrogens with one attached hydrogen (secondary N) is 1. The summed E-state index contributed by atoms with van der Waals surface area (Å²) in [5, 5.41) is 3.86. The first kappa shape index (κ1) is 10.4. The molecule has 0 radical (unpaired) electrons. The van der Waals surface area contributed by atoms with Gasteiger partial charge in [-0.1, -0.05) is 18.9 Å². The van der Waals surface area contributed by atoms with Gasteiger partial charge in [-0.3, -0.25) is 4.79 Å². The Hall–Kier alpha value is -1.77. The monoisotopic (exact) mass is 229 g/mol. The van der Waals surface area contributed by atoms with E-state index in [1.165, 1.54) is 12.8 Å². The van der Waals surface area contributed by atoms with Crippen molar-refractivity contribution in [2.24, 2.45) is 5.92 Å². The summed E-state index contributed by atoms with van der Waals surface area (Å²) in [5.74, 6) is 0.845. The van der Waals surface area contributed by atoms with E-state index in [0.717, 1.165) is 29.9 Å². The lowest BCUT2D eigenvalue weighted by Crippen LogP contribution is -2.24. The van der Waals surface area contributed by atoms with Crippen LogP contribution in [0.2, 0.25) is 0 Å². The Bertz CT molecular complexity index is 540. The lowest BCUT2D eigenvalue weighted by Gasteiger charge is -2.05. The Morgan fingerprint density at radius 2 is 2.24 bits per heavy atom. The highest BCUT2D eigenvalue weighted by Gasteiger charge is 2.21. The van der Waals surface area contributed by atoms with Crippen LogP contribution in [0.5, 0.6) is 0 Å². The summed E-state index contributed by atoms with van der Waals surface area (Å²) in [6.07, 6.45) is 5.37. The van der Waals surface area contributed by atoms with E-state index in [9.17, 15) is 4.79 Å². The number of rotatable bonds is 4. The molecular weight excluding hydrogens is 214 g/mol. The molecule has 2 aromatic rings. The largest absolute Gasteiger partial charge is 0.464 e. The zero-order valence-electron chi connectivity index (χ0n) is 9.61. The van der Waals surface area contributed by atoms with Crippen LogP contribution < -0.4 is 5.32 Å². The standard InChI is InChI=1S/C14H15NO2/c16-14(15-8-6-10-4-5-10)12-2-1-3-13-11(12)7-9-17-13/h1-3,7,9-10H,4-6,8H2,(H,15,16). The second-order valence-electron chi connectivity index (χ2n) is 4.63. The van der Waals surface area contributed by atoms with Gasteiger partial charge in [-0.15, -0.1) is 0 Å². The summed E-state index contributed by atoms with van der Waals surface area (Å²) < 4.78 is 5.28. The van der Waals surface area contributed by atoms with E-state index in [1.807, 2.05) is 24.3 Å². The molecule has 1 saturated carbocycles. The van der Waals surface area contributed by atoms with Gasteiger partial charge in [-0.2, -0.15) is 0 Å². The van der Waals surface area contributed by atoms with Crippen LogP contribution in [-0.2, 0) is 0 Å². The summed E-state index contributed by atoms with van der Waals surface area (Å²) in [7, 11) is 0. The molecule has 3 rings (SSSR count). The predicted molar refractivity (Wildman–Crippen MR) is 65.9 cm³/mol. The van der Waals surface area contributed by atoms with E-state index in [1.54, 1.807) is 6.26 Å². The van der Waals surface area contributed by atoms with Gasteiger partial charge < -0.3 is 9.73 Å². The molecule has 1 aliphatic rings. The molecule has 0 atom stereocenters. The molecule has 1 amide bonds. The number of hydrogen-bond acceptors (Lipinski definition) is 2. The van der Waals surface area contributed by atoms with Crippen molar-refractivity contribution in [3.8, 4) is 0 Å². The van der Waals surface area contributed by atoms with Crippen molar-refractivity contribution >= 4 is 16.9 Å². The van der Waals surface area contributed by atoms with Gasteiger partial charge in [0.05, 0.1) is 11.8 Å². The number of amides is 1. The average molecular weight is 229 g/mol. The van der Waals surface area contributed by atoms with Gasteiger partial charge in [-0.05, 0) is 30.5 Å². The highest BCUT2D eigenvalue weighted by atomic mass is 16.3. The molecule has 1 fully saturated rings. The molecule has 1 heterocycles. The molecule has 1 aromatic heterocycles. The van der Waals surface area contributed by atoms with E-state index in [4.69, 9.17) is 4.42 Å². The van der Waals surface area contributed by atoms with Gasteiger partial charge in [0.25, 0.3) is 5.91 Å². The van der Waals surface area contributed by atoms with Crippen molar-refractivity contribution in [2.45, 2.75) is 19.3 Å². The first-order valence-corrected chi connectivity index (χ1v) is 6.09. The molecule has 3 heteroatoms. The van der Waals surface area contributed by atoms with Gasteiger partial charge in [-0.25, -0.2) is 0 Å². The summed E-state index contributed by atoms with van der Waals surface area (Å²) in [6, 6.07) is 7.40.